The van der Waals surface area contributed by atoms with Crippen molar-refractivity contribution in [3.05, 3.63) is 0 Å². The smallest absolute Gasteiger partial charge is 0.0267 e. The van der Waals surface area contributed by atoms with Gasteiger partial charge in [0.1, 0.15) is 0 Å². The van der Waals surface area contributed by atoms with Crippen LogP contribution in [0, 0.1) is 0 Å². The first-order valence-electron chi connectivity index (χ1n) is 10.1. The van der Waals surface area contributed by atoms with E-state index in [1.807, 2.05) is 0 Å². The SMILES string of the molecule is CCCCCCCCCCCCCCCCCC(P)CC. The Morgan fingerprint density at radius 2 is 0.857 bits per heavy atom. The van der Waals surface area contributed by atoms with Crippen molar-refractivity contribution < 1.29 is 0 Å². The van der Waals surface area contributed by atoms with E-state index in [9.17, 15) is 0 Å². The molecule has 0 saturated carbocycles. The van der Waals surface area contributed by atoms with Crippen LogP contribution in [-0.2, 0) is 0 Å². The lowest BCUT2D eigenvalue weighted by Gasteiger charge is -2.07. The molecule has 0 aliphatic carbocycles. The van der Waals surface area contributed by atoms with E-state index < -0.39 is 0 Å². The number of hydrogen-bond acceptors (Lipinski definition) is 0. The average Bonchev–Trinajstić information content (AvgIpc) is 2.50. The van der Waals surface area contributed by atoms with Gasteiger partial charge in [0, 0.05) is 0 Å². The van der Waals surface area contributed by atoms with E-state index in [-0.39, 0.29) is 0 Å². The summed E-state index contributed by atoms with van der Waals surface area (Å²) < 4.78 is 0. The third-order valence-corrected chi connectivity index (χ3v) is 5.51. The first-order valence-corrected chi connectivity index (χ1v) is 10.7. The Hall–Kier alpha value is 0.430. The summed E-state index contributed by atoms with van der Waals surface area (Å²) in [5.74, 6) is 0. The van der Waals surface area contributed by atoms with Gasteiger partial charge in [0.05, 0.1) is 0 Å². The van der Waals surface area contributed by atoms with E-state index in [0.717, 1.165) is 5.66 Å². The molecule has 0 aromatic heterocycles. The molecule has 0 aliphatic rings. The first kappa shape index (κ1) is 21.4. The van der Waals surface area contributed by atoms with Crippen LogP contribution in [0.1, 0.15) is 123 Å². The van der Waals surface area contributed by atoms with Gasteiger partial charge in [0.15, 0.2) is 0 Å². The van der Waals surface area contributed by atoms with E-state index in [1.165, 1.54) is 109 Å². The summed E-state index contributed by atoms with van der Waals surface area (Å²) in [6.07, 6.45) is 24.7. The van der Waals surface area contributed by atoms with Crippen LogP contribution in [0.5, 0.6) is 0 Å². The minimum Gasteiger partial charge on any atom is -0.134 e. The molecule has 2 atom stereocenters. The normalized spacial score (nSPS) is 12.7. The molecule has 0 saturated heterocycles. The lowest BCUT2D eigenvalue weighted by molar-refractivity contribution is 0.527. The molecule has 0 radical (unpaired) electrons. The molecule has 0 N–H and O–H groups in total. The van der Waals surface area contributed by atoms with Gasteiger partial charge in [0.25, 0.3) is 0 Å². The van der Waals surface area contributed by atoms with Crippen molar-refractivity contribution in [3.63, 3.8) is 0 Å². The molecule has 0 aromatic carbocycles. The van der Waals surface area contributed by atoms with Crippen LogP contribution in [0.2, 0.25) is 0 Å². The second kappa shape index (κ2) is 18.5. The minimum atomic E-state index is 0.868. The summed E-state index contributed by atoms with van der Waals surface area (Å²) in [6.45, 7) is 4.59. The Balaban J connectivity index is 2.96. The third-order valence-electron chi connectivity index (χ3n) is 4.70. The molecule has 0 spiro atoms. The van der Waals surface area contributed by atoms with Crippen molar-refractivity contribution in [1.29, 1.82) is 0 Å². The molecule has 0 rings (SSSR count). The first-order chi connectivity index (χ1) is 10.3. The predicted molar refractivity (Wildman–Crippen MR) is 103 cm³/mol. The summed E-state index contributed by atoms with van der Waals surface area (Å²) in [4.78, 5) is 0. The summed E-state index contributed by atoms with van der Waals surface area (Å²) in [6, 6.07) is 0. The van der Waals surface area contributed by atoms with Crippen molar-refractivity contribution in [2.45, 2.75) is 129 Å². The van der Waals surface area contributed by atoms with Gasteiger partial charge < -0.3 is 0 Å². The lowest BCUT2D eigenvalue weighted by atomic mass is 10.0. The van der Waals surface area contributed by atoms with Gasteiger partial charge in [-0.25, -0.2) is 0 Å². The Kier molecular flexibility index (Phi) is 18.9. The molecule has 2 unspecified atom stereocenters. The highest BCUT2D eigenvalue weighted by Crippen LogP contribution is 2.16. The maximum atomic E-state index is 2.98. The third kappa shape index (κ3) is 18.4. The maximum absolute atomic E-state index is 2.98. The van der Waals surface area contributed by atoms with Crippen LogP contribution >= 0.6 is 9.24 Å². The Bertz CT molecular complexity index is 179. The van der Waals surface area contributed by atoms with E-state index in [0.29, 0.717) is 0 Å². The zero-order valence-electron chi connectivity index (χ0n) is 15.2. The van der Waals surface area contributed by atoms with E-state index >= 15 is 0 Å². The van der Waals surface area contributed by atoms with Crippen molar-refractivity contribution in [1.82, 2.24) is 0 Å². The predicted octanol–water partition coefficient (Wildman–Crippen LogP) is 7.90. The Morgan fingerprint density at radius 1 is 0.524 bits per heavy atom. The maximum Gasteiger partial charge on any atom is -0.0267 e. The molecule has 21 heavy (non-hydrogen) atoms. The van der Waals surface area contributed by atoms with Crippen molar-refractivity contribution in [3.8, 4) is 0 Å². The standard InChI is InChI=1S/C20H43P/c1-3-5-6-7-8-9-10-11-12-13-14-15-16-17-18-19-20(21)4-2/h20H,3-19,21H2,1-2H3. The van der Waals surface area contributed by atoms with E-state index in [1.54, 1.807) is 0 Å². The molecule has 0 aromatic rings. The fourth-order valence-corrected chi connectivity index (χ4v) is 3.22. The van der Waals surface area contributed by atoms with Gasteiger partial charge in [-0.05, 0) is 18.5 Å². The van der Waals surface area contributed by atoms with Gasteiger partial charge in [0.2, 0.25) is 0 Å². The Morgan fingerprint density at radius 3 is 1.19 bits per heavy atom. The second-order valence-corrected chi connectivity index (χ2v) is 7.85. The van der Waals surface area contributed by atoms with Crippen molar-refractivity contribution >= 4 is 9.24 Å². The fourth-order valence-electron chi connectivity index (χ4n) is 2.98. The summed E-state index contributed by atoms with van der Waals surface area (Å²) >= 11 is 0. The molecular weight excluding hydrogens is 271 g/mol. The number of unbranched alkanes of at least 4 members (excludes halogenated alkanes) is 14. The molecule has 128 valence electrons. The molecule has 0 aliphatic heterocycles. The zero-order valence-corrected chi connectivity index (χ0v) is 16.3. The minimum absolute atomic E-state index is 0.868. The Labute approximate surface area is 138 Å². The monoisotopic (exact) mass is 314 g/mol. The summed E-state index contributed by atoms with van der Waals surface area (Å²) in [7, 11) is 2.98. The molecule has 0 bridgehead atoms. The quantitative estimate of drug-likeness (QED) is 0.189. The van der Waals surface area contributed by atoms with Gasteiger partial charge in [-0.2, -0.15) is 0 Å². The molecule has 0 nitrogen and oxygen atoms in total. The van der Waals surface area contributed by atoms with Crippen molar-refractivity contribution in [2.24, 2.45) is 0 Å². The van der Waals surface area contributed by atoms with Gasteiger partial charge >= 0.3 is 0 Å². The average molecular weight is 315 g/mol. The zero-order chi connectivity index (χ0) is 15.6. The molecular formula is C20H43P. The molecule has 0 amide bonds. The van der Waals surface area contributed by atoms with Gasteiger partial charge in [-0.3, -0.25) is 0 Å². The molecule has 1 heteroatoms. The van der Waals surface area contributed by atoms with Crippen LogP contribution in [0.3, 0.4) is 0 Å². The van der Waals surface area contributed by atoms with Crippen LogP contribution in [0.25, 0.3) is 0 Å². The van der Waals surface area contributed by atoms with Crippen LogP contribution < -0.4 is 0 Å². The largest absolute Gasteiger partial charge is 0.134 e. The summed E-state index contributed by atoms with van der Waals surface area (Å²) in [5, 5.41) is 0. The second-order valence-electron chi connectivity index (χ2n) is 6.91. The van der Waals surface area contributed by atoms with E-state index in [4.69, 9.17) is 0 Å². The summed E-state index contributed by atoms with van der Waals surface area (Å²) in [5.41, 5.74) is 0.868. The van der Waals surface area contributed by atoms with Crippen LogP contribution in [0.4, 0.5) is 0 Å². The molecule has 0 heterocycles. The fraction of sp³-hybridized carbons (Fsp3) is 1.00. The number of hydrogen-bond donors (Lipinski definition) is 0. The highest BCUT2D eigenvalue weighted by molar-refractivity contribution is 7.17. The van der Waals surface area contributed by atoms with Gasteiger partial charge in [-0.1, -0.05) is 110 Å². The van der Waals surface area contributed by atoms with Crippen LogP contribution in [-0.4, -0.2) is 5.66 Å². The number of rotatable bonds is 17. The molecule has 0 fully saturated rings. The van der Waals surface area contributed by atoms with Crippen LogP contribution in [0.15, 0.2) is 0 Å². The lowest BCUT2D eigenvalue weighted by Crippen LogP contribution is -1.94. The van der Waals surface area contributed by atoms with E-state index in [2.05, 4.69) is 23.1 Å². The highest BCUT2D eigenvalue weighted by atomic mass is 31.0. The highest BCUT2D eigenvalue weighted by Gasteiger charge is 1.98. The van der Waals surface area contributed by atoms with Crippen molar-refractivity contribution in [2.75, 3.05) is 0 Å². The van der Waals surface area contributed by atoms with Gasteiger partial charge in [-0.15, -0.1) is 9.24 Å². The topological polar surface area (TPSA) is 0 Å².